The number of carbonyl (C=O) groups is 1. The Balaban J connectivity index is 1.51. The highest BCUT2D eigenvalue weighted by atomic mass is 35.5. The first-order valence-corrected chi connectivity index (χ1v) is 11.3. The van der Waals surface area contributed by atoms with Crippen LogP contribution in [-0.4, -0.2) is 42.1 Å². The lowest BCUT2D eigenvalue weighted by atomic mass is 10.1. The van der Waals surface area contributed by atoms with Crippen molar-refractivity contribution in [3.8, 4) is 28.7 Å². The molecule has 184 valence electrons. The maximum atomic E-state index is 12.6. The van der Waals surface area contributed by atoms with E-state index in [1.807, 2.05) is 12.1 Å². The number of halogens is 1. The van der Waals surface area contributed by atoms with E-state index in [0.717, 1.165) is 5.69 Å². The van der Waals surface area contributed by atoms with Gasteiger partial charge in [0.15, 0.2) is 17.3 Å². The molecule has 0 fully saturated rings. The van der Waals surface area contributed by atoms with Crippen LogP contribution in [-0.2, 0) is 6.61 Å². The van der Waals surface area contributed by atoms with Crippen molar-refractivity contribution < 1.29 is 23.7 Å². The molecule has 0 N–H and O–H groups in total. The van der Waals surface area contributed by atoms with E-state index in [9.17, 15) is 4.79 Å². The van der Waals surface area contributed by atoms with Gasteiger partial charge in [0.1, 0.15) is 18.1 Å². The Bertz CT molecular complexity index is 1370. The third-order valence-electron chi connectivity index (χ3n) is 5.24. The Morgan fingerprint density at radius 2 is 1.72 bits per heavy atom. The van der Waals surface area contributed by atoms with Gasteiger partial charge in [0.25, 0.3) is 0 Å². The van der Waals surface area contributed by atoms with Crippen LogP contribution in [0.5, 0.6) is 23.0 Å². The molecule has 3 aromatic carbocycles. The molecule has 0 bridgehead atoms. The molecule has 0 radical (unpaired) electrons. The molecule has 0 aliphatic heterocycles. The average Bonchev–Trinajstić information content (AvgIpc) is 3.39. The average molecular weight is 506 g/mol. The molecule has 1 heterocycles. The van der Waals surface area contributed by atoms with Crippen LogP contribution in [0.1, 0.15) is 21.6 Å². The molecule has 4 aromatic rings. The van der Waals surface area contributed by atoms with Crippen LogP contribution < -0.4 is 18.9 Å². The van der Waals surface area contributed by atoms with Crippen LogP contribution >= 0.6 is 11.6 Å². The number of hydrogen-bond acceptors (Lipinski definition) is 7. The molecular formula is C27H24ClN3O5. The minimum Gasteiger partial charge on any atom is -0.497 e. The zero-order valence-corrected chi connectivity index (χ0v) is 20.7. The highest BCUT2D eigenvalue weighted by Crippen LogP contribution is 2.39. The maximum absolute atomic E-state index is 12.6. The predicted octanol–water partition coefficient (Wildman–Crippen LogP) is 5.42. The molecule has 0 aliphatic carbocycles. The highest BCUT2D eigenvalue weighted by Gasteiger charge is 2.15. The third kappa shape index (κ3) is 5.84. The van der Waals surface area contributed by atoms with Crippen molar-refractivity contribution in [2.45, 2.75) is 6.61 Å². The molecule has 0 spiro atoms. The summed E-state index contributed by atoms with van der Waals surface area (Å²) < 4.78 is 23.9. The van der Waals surface area contributed by atoms with Crippen molar-refractivity contribution in [3.05, 3.63) is 94.8 Å². The van der Waals surface area contributed by atoms with Gasteiger partial charge in [-0.1, -0.05) is 41.1 Å². The lowest BCUT2D eigenvalue weighted by Crippen LogP contribution is -2.01. The number of allylic oxidation sites excluding steroid dienone is 1. The van der Waals surface area contributed by atoms with Crippen molar-refractivity contribution in [1.29, 1.82) is 0 Å². The number of ketones is 1. The van der Waals surface area contributed by atoms with Gasteiger partial charge in [-0.2, -0.15) is 0 Å². The van der Waals surface area contributed by atoms with Gasteiger partial charge in [-0.15, -0.1) is 5.10 Å². The molecule has 0 unspecified atom stereocenters. The lowest BCUT2D eigenvalue weighted by molar-refractivity contribution is 0.104. The number of methoxy groups -OCH3 is 3. The Morgan fingerprint density at radius 1 is 0.972 bits per heavy atom. The van der Waals surface area contributed by atoms with E-state index in [1.165, 1.54) is 20.3 Å². The lowest BCUT2D eigenvalue weighted by Gasteiger charge is -2.14. The zero-order valence-electron chi connectivity index (χ0n) is 20.0. The van der Waals surface area contributed by atoms with Crippen LogP contribution in [0.2, 0.25) is 5.02 Å². The summed E-state index contributed by atoms with van der Waals surface area (Å²) in [4.78, 5) is 12.6. The van der Waals surface area contributed by atoms with Crippen LogP contribution in [0.3, 0.4) is 0 Å². The molecule has 36 heavy (non-hydrogen) atoms. The second kappa shape index (κ2) is 11.4. The first-order valence-electron chi connectivity index (χ1n) is 10.9. The molecule has 8 nitrogen and oxygen atoms in total. The minimum atomic E-state index is -0.157. The summed E-state index contributed by atoms with van der Waals surface area (Å²) in [6.45, 7) is 0.136. The van der Waals surface area contributed by atoms with Gasteiger partial charge < -0.3 is 18.9 Å². The smallest absolute Gasteiger partial charge is 0.203 e. The van der Waals surface area contributed by atoms with Gasteiger partial charge in [0, 0.05) is 10.6 Å². The fraction of sp³-hybridized carbons (Fsp3) is 0.148. The van der Waals surface area contributed by atoms with Crippen molar-refractivity contribution in [2.24, 2.45) is 0 Å². The molecule has 4 rings (SSSR count). The van der Waals surface area contributed by atoms with Crippen LogP contribution in [0.15, 0.2) is 72.9 Å². The van der Waals surface area contributed by atoms with Gasteiger partial charge in [0.05, 0.1) is 33.2 Å². The fourth-order valence-electron chi connectivity index (χ4n) is 3.44. The standard InChI is InChI=1S/C27H24ClN3O5/c1-33-23-9-4-6-19(14-23)24(32)11-10-18-12-25(34-2)27(26(13-18)35-3)36-17-21-16-31(30-29-21)22-8-5-7-20(28)15-22/h4-16H,17H2,1-3H3/b11-10+. The van der Waals surface area contributed by atoms with Gasteiger partial charge in [-0.05, 0) is 54.1 Å². The molecule has 0 saturated heterocycles. The fourth-order valence-corrected chi connectivity index (χ4v) is 3.62. The van der Waals surface area contributed by atoms with E-state index in [4.69, 9.17) is 30.5 Å². The summed E-state index contributed by atoms with van der Waals surface area (Å²) in [7, 11) is 4.63. The van der Waals surface area contributed by atoms with E-state index in [1.54, 1.807) is 72.6 Å². The SMILES string of the molecule is COc1cccc(C(=O)/C=C/c2cc(OC)c(OCc3cn(-c4cccc(Cl)c4)nn3)c(OC)c2)c1. The summed E-state index contributed by atoms with van der Waals surface area (Å²) in [5.41, 5.74) is 2.62. The monoisotopic (exact) mass is 505 g/mol. The van der Waals surface area contributed by atoms with Crippen LogP contribution in [0.25, 0.3) is 11.8 Å². The number of ether oxygens (including phenoxy) is 4. The molecule has 0 atom stereocenters. The number of rotatable bonds is 10. The molecular weight excluding hydrogens is 482 g/mol. The predicted molar refractivity (Wildman–Crippen MR) is 137 cm³/mol. The first kappa shape index (κ1) is 24.8. The minimum absolute atomic E-state index is 0.136. The normalized spacial score (nSPS) is 10.9. The van der Waals surface area contributed by atoms with E-state index in [2.05, 4.69) is 10.3 Å². The topological polar surface area (TPSA) is 84.7 Å². The first-order chi connectivity index (χ1) is 17.5. The van der Waals surface area contributed by atoms with Crippen LogP contribution in [0, 0.1) is 0 Å². The summed E-state index contributed by atoms with van der Waals surface area (Å²) in [5.74, 6) is 1.77. The van der Waals surface area contributed by atoms with Crippen molar-refractivity contribution in [2.75, 3.05) is 21.3 Å². The third-order valence-corrected chi connectivity index (χ3v) is 5.48. The number of hydrogen-bond donors (Lipinski definition) is 0. The van der Waals surface area contributed by atoms with Gasteiger partial charge in [-0.3, -0.25) is 4.79 Å². The second-order valence-corrected chi connectivity index (χ2v) is 8.04. The number of carbonyl (C=O) groups excluding carboxylic acids is 1. The van der Waals surface area contributed by atoms with E-state index < -0.39 is 0 Å². The maximum Gasteiger partial charge on any atom is 0.203 e. The van der Waals surface area contributed by atoms with Gasteiger partial charge >= 0.3 is 0 Å². The largest absolute Gasteiger partial charge is 0.497 e. The summed E-state index contributed by atoms with van der Waals surface area (Å²) >= 11 is 6.06. The van der Waals surface area contributed by atoms with E-state index in [-0.39, 0.29) is 12.4 Å². The molecule has 0 aliphatic rings. The second-order valence-electron chi connectivity index (χ2n) is 7.61. The Labute approximate surface area is 213 Å². The molecule has 1 aromatic heterocycles. The van der Waals surface area contributed by atoms with Gasteiger partial charge in [-0.25, -0.2) is 4.68 Å². The number of nitrogens with zero attached hydrogens (tertiary/aromatic N) is 3. The molecule has 9 heteroatoms. The Morgan fingerprint density at radius 3 is 2.42 bits per heavy atom. The number of benzene rings is 3. The van der Waals surface area contributed by atoms with E-state index in [0.29, 0.717) is 44.8 Å². The zero-order chi connectivity index (χ0) is 25.5. The highest BCUT2D eigenvalue weighted by molar-refractivity contribution is 6.30. The summed E-state index contributed by atoms with van der Waals surface area (Å²) in [6, 6.07) is 17.8. The Hall–Kier alpha value is -4.30. The van der Waals surface area contributed by atoms with E-state index >= 15 is 0 Å². The van der Waals surface area contributed by atoms with Gasteiger partial charge in [0.2, 0.25) is 5.75 Å². The molecule has 0 amide bonds. The van der Waals surface area contributed by atoms with Crippen molar-refractivity contribution in [3.63, 3.8) is 0 Å². The number of aromatic nitrogens is 3. The Kier molecular flexibility index (Phi) is 7.87. The van der Waals surface area contributed by atoms with Crippen LogP contribution in [0.4, 0.5) is 0 Å². The van der Waals surface area contributed by atoms with Crippen molar-refractivity contribution in [1.82, 2.24) is 15.0 Å². The van der Waals surface area contributed by atoms with Crippen molar-refractivity contribution >= 4 is 23.5 Å². The quantitative estimate of drug-likeness (QED) is 0.210. The summed E-state index contributed by atoms with van der Waals surface area (Å²) in [5, 5.41) is 8.90. The molecule has 0 saturated carbocycles. The summed E-state index contributed by atoms with van der Waals surface area (Å²) in [6.07, 6.45) is 4.93.